The van der Waals surface area contributed by atoms with E-state index in [1.165, 1.54) is 6.33 Å². The molecule has 0 aromatic carbocycles. The predicted molar refractivity (Wildman–Crippen MR) is 61.7 cm³/mol. The molecule has 0 spiro atoms. The zero-order valence-corrected chi connectivity index (χ0v) is 8.64. The molecule has 6 nitrogen and oxygen atoms in total. The molecule has 0 radical (unpaired) electrons. The third-order valence-electron chi connectivity index (χ3n) is 1.96. The van der Waals surface area contributed by atoms with Crippen molar-refractivity contribution >= 4 is 17.3 Å². The second-order valence-electron chi connectivity index (χ2n) is 3.16. The number of nitrogens with zero attached hydrogens (tertiary/aromatic N) is 2. The Morgan fingerprint density at radius 1 is 1.31 bits per heavy atom. The topological polar surface area (TPSA) is 85.9 Å². The molecule has 2 heterocycles. The summed E-state index contributed by atoms with van der Waals surface area (Å²) in [6.07, 6.45) is 5.13. The molecule has 0 atom stereocenters. The van der Waals surface area contributed by atoms with Crippen LogP contribution < -0.4 is 10.6 Å². The second kappa shape index (κ2) is 5.13. The molecule has 6 heteroatoms. The Hall–Kier alpha value is -2.08. The van der Waals surface area contributed by atoms with Gasteiger partial charge in [0.15, 0.2) is 0 Å². The smallest absolute Gasteiger partial charge is 0.135 e. The number of hydrogen-bond donors (Lipinski definition) is 4. The highest BCUT2D eigenvalue weighted by Gasteiger charge is 1.98. The molecule has 2 aromatic heterocycles. The second-order valence-corrected chi connectivity index (χ2v) is 3.16. The maximum absolute atomic E-state index is 8.68. The Kier molecular flexibility index (Phi) is 3.35. The summed E-state index contributed by atoms with van der Waals surface area (Å²) in [6, 6.07) is 3.69. The number of aliphatic hydroxyl groups is 1. The van der Waals surface area contributed by atoms with Crippen molar-refractivity contribution in [1.29, 1.82) is 0 Å². The molecule has 0 aliphatic rings. The van der Waals surface area contributed by atoms with E-state index in [1.54, 1.807) is 6.07 Å². The summed E-state index contributed by atoms with van der Waals surface area (Å²) < 4.78 is 0. The van der Waals surface area contributed by atoms with Gasteiger partial charge in [-0.25, -0.2) is 9.97 Å². The summed E-state index contributed by atoms with van der Waals surface area (Å²) in [5, 5.41) is 14.8. The quantitative estimate of drug-likeness (QED) is 0.601. The zero-order chi connectivity index (χ0) is 11.2. The Labute approximate surface area is 92.8 Å². The summed E-state index contributed by atoms with van der Waals surface area (Å²) in [7, 11) is 0. The first-order valence-corrected chi connectivity index (χ1v) is 4.95. The number of aromatic amines is 1. The molecular weight excluding hydrogens is 206 g/mol. The van der Waals surface area contributed by atoms with Crippen LogP contribution in [0.25, 0.3) is 0 Å². The van der Waals surface area contributed by atoms with E-state index in [0.717, 1.165) is 5.69 Å². The van der Waals surface area contributed by atoms with Crippen LogP contribution in [0.5, 0.6) is 0 Å². The molecule has 16 heavy (non-hydrogen) atoms. The Balaban J connectivity index is 2.04. The summed E-state index contributed by atoms with van der Waals surface area (Å²) in [5.41, 5.74) is 0.937. The minimum atomic E-state index is 0.0740. The Morgan fingerprint density at radius 3 is 2.94 bits per heavy atom. The van der Waals surface area contributed by atoms with Gasteiger partial charge in [0.05, 0.1) is 12.3 Å². The van der Waals surface area contributed by atoms with Crippen LogP contribution in [0, 0.1) is 0 Å². The number of H-pyrrole nitrogens is 1. The lowest BCUT2D eigenvalue weighted by atomic mass is 10.4. The van der Waals surface area contributed by atoms with Gasteiger partial charge in [-0.2, -0.15) is 0 Å². The number of nitrogens with one attached hydrogen (secondary N) is 3. The van der Waals surface area contributed by atoms with E-state index in [1.807, 2.05) is 18.5 Å². The molecule has 0 saturated carbocycles. The maximum atomic E-state index is 8.68. The fourth-order valence-electron chi connectivity index (χ4n) is 1.26. The molecule has 0 amide bonds. The van der Waals surface area contributed by atoms with Crippen molar-refractivity contribution in [1.82, 2.24) is 15.0 Å². The van der Waals surface area contributed by atoms with Gasteiger partial charge in [-0.15, -0.1) is 0 Å². The number of aromatic nitrogens is 3. The molecule has 2 aromatic rings. The fourth-order valence-corrected chi connectivity index (χ4v) is 1.26. The largest absolute Gasteiger partial charge is 0.395 e. The van der Waals surface area contributed by atoms with Crippen molar-refractivity contribution in [2.75, 3.05) is 23.8 Å². The van der Waals surface area contributed by atoms with Crippen LogP contribution in [0.2, 0.25) is 0 Å². The van der Waals surface area contributed by atoms with E-state index in [0.29, 0.717) is 18.2 Å². The summed E-state index contributed by atoms with van der Waals surface area (Å²) >= 11 is 0. The first kappa shape index (κ1) is 10.4. The highest BCUT2D eigenvalue weighted by Crippen LogP contribution is 2.14. The lowest BCUT2D eigenvalue weighted by Crippen LogP contribution is -2.07. The minimum Gasteiger partial charge on any atom is -0.395 e. The monoisotopic (exact) mass is 219 g/mol. The highest BCUT2D eigenvalue weighted by atomic mass is 16.3. The summed E-state index contributed by atoms with van der Waals surface area (Å²) in [5.74, 6) is 1.39. The number of hydrogen-bond acceptors (Lipinski definition) is 5. The van der Waals surface area contributed by atoms with Crippen molar-refractivity contribution in [3.63, 3.8) is 0 Å². The molecule has 4 N–H and O–H groups in total. The van der Waals surface area contributed by atoms with Gasteiger partial charge in [-0.1, -0.05) is 0 Å². The van der Waals surface area contributed by atoms with E-state index < -0.39 is 0 Å². The molecule has 0 fully saturated rings. The van der Waals surface area contributed by atoms with Gasteiger partial charge in [0.2, 0.25) is 0 Å². The maximum Gasteiger partial charge on any atom is 0.135 e. The van der Waals surface area contributed by atoms with Gasteiger partial charge in [-0.3, -0.25) is 0 Å². The SMILES string of the molecule is OCCNc1cc(Nc2cc[nH]c2)ncn1. The van der Waals surface area contributed by atoms with Gasteiger partial charge in [-0.05, 0) is 6.07 Å². The van der Waals surface area contributed by atoms with Crippen LogP contribution >= 0.6 is 0 Å². The van der Waals surface area contributed by atoms with Crippen molar-refractivity contribution in [2.45, 2.75) is 0 Å². The lowest BCUT2D eigenvalue weighted by molar-refractivity contribution is 0.311. The Bertz CT molecular complexity index is 429. The average Bonchev–Trinajstić information content (AvgIpc) is 2.80. The van der Waals surface area contributed by atoms with Crippen molar-refractivity contribution in [2.24, 2.45) is 0 Å². The Morgan fingerprint density at radius 2 is 2.19 bits per heavy atom. The van der Waals surface area contributed by atoms with Crippen LogP contribution in [0.1, 0.15) is 0 Å². The van der Waals surface area contributed by atoms with Crippen LogP contribution in [-0.2, 0) is 0 Å². The van der Waals surface area contributed by atoms with E-state index in [2.05, 4.69) is 25.6 Å². The number of aliphatic hydroxyl groups excluding tert-OH is 1. The predicted octanol–water partition coefficient (Wildman–Crippen LogP) is 0.952. The molecular formula is C10H13N5O. The number of rotatable bonds is 5. The van der Waals surface area contributed by atoms with Crippen LogP contribution in [0.3, 0.4) is 0 Å². The van der Waals surface area contributed by atoms with E-state index >= 15 is 0 Å². The van der Waals surface area contributed by atoms with Crippen LogP contribution in [-0.4, -0.2) is 33.2 Å². The standard InChI is InChI=1S/C10H13N5O/c16-4-3-12-9-5-10(14-7-13-9)15-8-1-2-11-6-8/h1-2,5-7,11,16H,3-4H2,(H2,12,13,14,15). The fraction of sp³-hybridized carbons (Fsp3) is 0.200. The normalized spacial score (nSPS) is 10.1. The van der Waals surface area contributed by atoms with Crippen molar-refractivity contribution < 1.29 is 5.11 Å². The van der Waals surface area contributed by atoms with Gasteiger partial charge < -0.3 is 20.7 Å². The third-order valence-corrected chi connectivity index (χ3v) is 1.96. The minimum absolute atomic E-state index is 0.0740. The van der Waals surface area contributed by atoms with Gasteiger partial charge >= 0.3 is 0 Å². The molecule has 0 bridgehead atoms. The van der Waals surface area contributed by atoms with E-state index in [4.69, 9.17) is 5.11 Å². The van der Waals surface area contributed by atoms with Crippen LogP contribution in [0.15, 0.2) is 30.9 Å². The van der Waals surface area contributed by atoms with E-state index in [9.17, 15) is 0 Å². The van der Waals surface area contributed by atoms with Crippen molar-refractivity contribution in [3.8, 4) is 0 Å². The zero-order valence-electron chi connectivity index (χ0n) is 8.64. The van der Waals surface area contributed by atoms with E-state index in [-0.39, 0.29) is 6.61 Å². The molecule has 0 aliphatic carbocycles. The van der Waals surface area contributed by atoms with Crippen LogP contribution in [0.4, 0.5) is 17.3 Å². The average molecular weight is 219 g/mol. The lowest BCUT2D eigenvalue weighted by Gasteiger charge is -2.06. The van der Waals surface area contributed by atoms with Gasteiger partial charge in [0, 0.05) is 25.0 Å². The third kappa shape index (κ3) is 2.71. The summed E-state index contributed by atoms with van der Waals surface area (Å²) in [4.78, 5) is 11.1. The number of anilines is 3. The van der Waals surface area contributed by atoms with Gasteiger partial charge in [0.25, 0.3) is 0 Å². The molecule has 0 saturated heterocycles. The molecule has 0 aliphatic heterocycles. The molecule has 84 valence electrons. The summed E-state index contributed by atoms with van der Waals surface area (Å²) in [6.45, 7) is 0.547. The first-order valence-electron chi connectivity index (χ1n) is 4.95. The molecule has 2 rings (SSSR count). The molecule has 0 unspecified atom stereocenters. The van der Waals surface area contributed by atoms with Crippen molar-refractivity contribution in [3.05, 3.63) is 30.9 Å². The van der Waals surface area contributed by atoms with Gasteiger partial charge in [0.1, 0.15) is 18.0 Å². The first-order chi connectivity index (χ1) is 7.88. The highest BCUT2D eigenvalue weighted by molar-refractivity contribution is 5.57.